The van der Waals surface area contributed by atoms with Gasteiger partial charge < -0.3 is 23.8 Å². The molecule has 0 aromatic carbocycles. The predicted molar refractivity (Wildman–Crippen MR) is 254 cm³/mol. The van der Waals surface area contributed by atoms with Gasteiger partial charge in [-0.2, -0.15) is 0 Å². The van der Waals surface area contributed by atoms with Gasteiger partial charge in [-0.3, -0.25) is 24.1 Å². The van der Waals surface area contributed by atoms with Gasteiger partial charge in [-0.1, -0.05) is 168 Å². The van der Waals surface area contributed by atoms with Gasteiger partial charge in [0.2, 0.25) is 0 Å². The molecule has 0 spiro atoms. The molecular weight excluding hydrogens is 781 g/mol. The van der Waals surface area contributed by atoms with E-state index in [9.17, 15) is 19.2 Å². The summed E-state index contributed by atoms with van der Waals surface area (Å²) in [6, 6.07) is -0.434. The lowest BCUT2D eigenvalue weighted by molar-refractivity contribution is -0.151. The van der Waals surface area contributed by atoms with Gasteiger partial charge in [0, 0.05) is 25.9 Å². The average Bonchev–Trinajstić information content (AvgIpc) is 3.66. The zero-order valence-corrected chi connectivity index (χ0v) is 41.2. The fraction of sp³-hybridized carbons (Fsp3) is 0.923. The highest BCUT2D eigenvalue weighted by atomic mass is 16.6. The molecule has 1 aliphatic rings. The fourth-order valence-electron chi connectivity index (χ4n) is 8.45. The lowest BCUT2D eigenvalue weighted by atomic mass is 9.94. The first-order valence-corrected chi connectivity index (χ1v) is 26.3. The van der Waals surface area contributed by atoms with E-state index in [0.717, 1.165) is 89.9 Å². The maximum atomic E-state index is 13.3. The van der Waals surface area contributed by atoms with Gasteiger partial charge in [-0.15, -0.1) is 0 Å². The van der Waals surface area contributed by atoms with Crippen molar-refractivity contribution in [1.29, 1.82) is 0 Å². The maximum absolute atomic E-state index is 13.3. The smallest absolute Gasteiger partial charge is 0.323 e. The summed E-state index contributed by atoms with van der Waals surface area (Å²) in [6.07, 6.45) is 35.9. The van der Waals surface area contributed by atoms with Crippen LogP contribution in [0.4, 0.5) is 0 Å². The Morgan fingerprint density at radius 2 is 0.968 bits per heavy atom. The molecule has 0 saturated carbocycles. The first kappa shape index (κ1) is 57.8. The number of rotatable bonds is 44. The van der Waals surface area contributed by atoms with Gasteiger partial charge >= 0.3 is 23.9 Å². The number of nitrogens with zero attached hydrogens (tertiary/aromatic N) is 2. The second-order valence-electron chi connectivity index (χ2n) is 18.7. The Labute approximate surface area is 381 Å². The highest BCUT2D eigenvalue weighted by Gasteiger charge is 2.39. The molecule has 10 nitrogen and oxygen atoms in total. The quantitative estimate of drug-likeness (QED) is 0.0333. The third kappa shape index (κ3) is 33.3. The molecule has 0 aromatic heterocycles. The number of hydrogen-bond acceptors (Lipinski definition) is 10. The van der Waals surface area contributed by atoms with Crippen LogP contribution in [0.15, 0.2) is 0 Å². The van der Waals surface area contributed by atoms with Crippen LogP contribution < -0.4 is 0 Å². The second kappa shape index (κ2) is 41.5. The van der Waals surface area contributed by atoms with E-state index in [1.807, 2.05) is 19.0 Å². The number of carbonyl (C=O) groups is 4. The molecule has 0 N–H and O–H groups in total. The zero-order valence-electron chi connectivity index (χ0n) is 41.2. The van der Waals surface area contributed by atoms with Gasteiger partial charge in [0.05, 0.1) is 32.2 Å². The zero-order chi connectivity index (χ0) is 45.3. The molecule has 1 heterocycles. The molecule has 1 fully saturated rings. The second-order valence-corrected chi connectivity index (χ2v) is 18.7. The number of hydrogen-bond donors (Lipinski definition) is 0. The molecule has 0 amide bonds. The molecule has 2 atom stereocenters. The molecule has 1 unspecified atom stereocenters. The fourth-order valence-corrected chi connectivity index (χ4v) is 8.45. The predicted octanol–water partition coefficient (Wildman–Crippen LogP) is 12.7. The number of ether oxygens (including phenoxy) is 4. The summed E-state index contributed by atoms with van der Waals surface area (Å²) in [6.45, 7) is 9.85. The van der Waals surface area contributed by atoms with E-state index in [0.29, 0.717) is 58.7 Å². The lowest BCUT2D eigenvalue weighted by Crippen LogP contribution is -2.38. The highest BCUT2D eigenvalue weighted by Crippen LogP contribution is 2.24. The molecule has 10 heteroatoms. The number of unbranched alkanes of at least 4 members (excludes halogenated alkanes) is 24. The van der Waals surface area contributed by atoms with E-state index in [-0.39, 0.29) is 35.9 Å². The van der Waals surface area contributed by atoms with Crippen molar-refractivity contribution in [3.05, 3.63) is 0 Å². The van der Waals surface area contributed by atoms with Crippen LogP contribution in [0.3, 0.4) is 0 Å². The molecule has 0 aliphatic carbocycles. The van der Waals surface area contributed by atoms with Crippen LogP contribution in [0.25, 0.3) is 0 Å². The molecule has 364 valence electrons. The Kier molecular flexibility index (Phi) is 38.7. The van der Waals surface area contributed by atoms with Crippen molar-refractivity contribution in [2.75, 3.05) is 53.6 Å². The Morgan fingerprint density at radius 1 is 0.516 bits per heavy atom. The molecule has 1 rings (SSSR count). The summed E-state index contributed by atoms with van der Waals surface area (Å²) in [4.78, 5) is 55.2. The van der Waals surface area contributed by atoms with E-state index in [4.69, 9.17) is 18.9 Å². The van der Waals surface area contributed by atoms with Crippen molar-refractivity contribution in [3.63, 3.8) is 0 Å². The average molecular weight is 879 g/mol. The molecule has 0 bridgehead atoms. The lowest BCUT2D eigenvalue weighted by Gasteiger charge is -2.22. The van der Waals surface area contributed by atoms with Crippen LogP contribution in [0.2, 0.25) is 0 Å². The van der Waals surface area contributed by atoms with E-state index in [1.165, 1.54) is 109 Å². The Bertz CT molecular complexity index is 1070. The van der Waals surface area contributed by atoms with Crippen LogP contribution in [-0.4, -0.2) is 99.4 Å². The summed E-state index contributed by atoms with van der Waals surface area (Å²) in [5.41, 5.74) is 0. The molecule has 1 aliphatic heterocycles. The van der Waals surface area contributed by atoms with Crippen LogP contribution in [0, 0.1) is 5.92 Å². The normalized spacial score (nSPS) is 15.4. The number of carbonyl (C=O) groups excluding carboxylic acids is 4. The largest absolute Gasteiger partial charge is 0.466 e. The van der Waals surface area contributed by atoms with Crippen molar-refractivity contribution in [3.8, 4) is 0 Å². The van der Waals surface area contributed by atoms with E-state index in [1.54, 1.807) is 0 Å². The van der Waals surface area contributed by atoms with Crippen molar-refractivity contribution >= 4 is 23.9 Å². The standard InChI is InChI=1S/C52H98N2O8/c1-6-9-12-15-18-19-20-24-30-37-49(55)59-41-34-27-31-39-54-45-47(62-50(56)38-40-53(4)5)44-48(54)52(58)61-43-33-26-21-25-32-42-60-51(57)46(35-28-22-16-13-10-7-2)36-29-23-17-14-11-8-3/h46-48H,6-45H2,1-5H3/t47?,48-/m0/s1. The highest BCUT2D eigenvalue weighted by molar-refractivity contribution is 5.76. The van der Waals surface area contributed by atoms with Crippen molar-refractivity contribution in [2.24, 2.45) is 5.92 Å². The van der Waals surface area contributed by atoms with Crippen LogP contribution in [0.5, 0.6) is 0 Å². The Morgan fingerprint density at radius 3 is 1.50 bits per heavy atom. The summed E-state index contributed by atoms with van der Waals surface area (Å²) in [5, 5.41) is 0. The summed E-state index contributed by atoms with van der Waals surface area (Å²) in [5.74, 6) is -0.538. The summed E-state index contributed by atoms with van der Waals surface area (Å²) < 4.78 is 22.9. The van der Waals surface area contributed by atoms with Crippen molar-refractivity contribution < 1.29 is 38.1 Å². The van der Waals surface area contributed by atoms with Crippen molar-refractivity contribution in [1.82, 2.24) is 9.80 Å². The van der Waals surface area contributed by atoms with Crippen LogP contribution in [0.1, 0.15) is 239 Å². The monoisotopic (exact) mass is 879 g/mol. The van der Waals surface area contributed by atoms with Crippen molar-refractivity contribution in [2.45, 2.75) is 251 Å². The maximum Gasteiger partial charge on any atom is 0.323 e. The van der Waals surface area contributed by atoms with E-state index in [2.05, 4.69) is 25.7 Å². The molecule has 1 saturated heterocycles. The Balaban J connectivity index is 2.37. The van der Waals surface area contributed by atoms with Crippen LogP contribution in [-0.2, 0) is 38.1 Å². The van der Waals surface area contributed by atoms with E-state index < -0.39 is 6.04 Å². The first-order valence-electron chi connectivity index (χ1n) is 26.3. The number of likely N-dealkylation sites (tertiary alicyclic amines) is 1. The topological polar surface area (TPSA) is 112 Å². The Hall–Kier alpha value is -2.20. The number of esters is 4. The summed E-state index contributed by atoms with van der Waals surface area (Å²) in [7, 11) is 3.86. The van der Waals surface area contributed by atoms with Gasteiger partial charge in [0.15, 0.2) is 0 Å². The third-order valence-electron chi connectivity index (χ3n) is 12.5. The molecule has 0 aromatic rings. The molecular formula is C52H98N2O8. The van der Waals surface area contributed by atoms with Gasteiger partial charge in [-0.05, 0) is 72.0 Å². The molecule has 62 heavy (non-hydrogen) atoms. The first-order chi connectivity index (χ1) is 30.2. The molecule has 0 radical (unpaired) electrons. The van der Waals surface area contributed by atoms with E-state index >= 15 is 0 Å². The van der Waals surface area contributed by atoms with Crippen LogP contribution >= 0.6 is 0 Å². The minimum absolute atomic E-state index is 0.00544. The minimum atomic E-state index is -0.434. The van der Waals surface area contributed by atoms with Gasteiger partial charge in [0.25, 0.3) is 0 Å². The van der Waals surface area contributed by atoms with Gasteiger partial charge in [-0.25, -0.2) is 0 Å². The SMILES string of the molecule is CCCCCCCCCCCC(=O)OCCCCCN1CC(OC(=O)CCN(C)C)C[C@H]1C(=O)OCCCCCCCOC(=O)C(CCCCCCCC)CCCCCCCC. The van der Waals surface area contributed by atoms with Gasteiger partial charge in [0.1, 0.15) is 12.1 Å². The minimum Gasteiger partial charge on any atom is -0.466 e. The third-order valence-corrected chi connectivity index (χ3v) is 12.5. The summed E-state index contributed by atoms with van der Waals surface area (Å²) >= 11 is 0.